The van der Waals surface area contributed by atoms with E-state index in [1.807, 2.05) is 23.6 Å². The Labute approximate surface area is 140 Å². The van der Waals surface area contributed by atoms with E-state index in [0.29, 0.717) is 23.9 Å². The molecule has 1 aliphatic rings. The number of fused-ring (bicyclic) bond motifs is 1. The number of halogens is 1. The molecule has 122 valence electrons. The molecule has 3 rings (SSSR count). The first-order valence-electron chi connectivity index (χ1n) is 7.68. The third-order valence-electron chi connectivity index (χ3n) is 4.23. The van der Waals surface area contributed by atoms with Crippen LogP contribution in [0, 0.1) is 6.92 Å². The molecule has 1 aromatic heterocycles. The van der Waals surface area contributed by atoms with E-state index in [0.717, 1.165) is 17.8 Å². The minimum Gasteiger partial charge on any atom is -0.481 e. The van der Waals surface area contributed by atoms with Crippen molar-refractivity contribution in [2.45, 2.75) is 32.9 Å². The van der Waals surface area contributed by atoms with Gasteiger partial charge in [0.15, 0.2) is 6.10 Å². The zero-order chi connectivity index (χ0) is 16.6. The first kappa shape index (κ1) is 15.9. The van der Waals surface area contributed by atoms with Gasteiger partial charge in [0.25, 0.3) is 5.91 Å². The molecule has 6 heteroatoms. The molecule has 0 bridgehead atoms. The number of benzene rings is 1. The molecule has 0 saturated heterocycles. The number of hydrogen-bond donors (Lipinski definition) is 0. The third-order valence-corrected chi connectivity index (χ3v) is 4.49. The number of amides is 1. The van der Waals surface area contributed by atoms with Crippen LogP contribution in [0.2, 0.25) is 5.02 Å². The highest BCUT2D eigenvalue weighted by atomic mass is 35.5. The molecule has 1 unspecified atom stereocenters. The number of aromatic nitrogens is 2. The third kappa shape index (κ3) is 3.20. The van der Waals surface area contributed by atoms with Gasteiger partial charge in [-0.2, -0.15) is 5.10 Å². The molecular formula is C17H20ClN3O2. The Bertz CT molecular complexity index is 724. The number of carbonyl (C=O) groups is 1. The lowest BCUT2D eigenvalue weighted by Gasteiger charge is -2.30. The first-order valence-corrected chi connectivity index (χ1v) is 8.06. The van der Waals surface area contributed by atoms with Gasteiger partial charge in [0.1, 0.15) is 5.75 Å². The highest BCUT2D eigenvalue weighted by Gasteiger charge is 2.28. The van der Waals surface area contributed by atoms with E-state index in [1.165, 1.54) is 5.56 Å². The van der Waals surface area contributed by atoms with Gasteiger partial charge >= 0.3 is 0 Å². The Morgan fingerprint density at radius 1 is 1.35 bits per heavy atom. The molecule has 0 radical (unpaired) electrons. The zero-order valence-corrected chi connectivity index (χ0v) is 14.3. The van der Waals surface area contributed by atoms with Crippen molar-refractivity contribution >= 4 is 17.5 Å². The average Bonchev–Trinajstić information content (AvgIpc) is 2.83. The Morgan fingerprint density at radius 3 is 2.74 bits per heavy atom. The van der Waals surface area contributed by atoms with E-state index >= 15 is 0 Å². The lowest BCUT2D eigenvalue weighted by atomic mass is 10.0. The van der Waals surface area contributed by atoms with Crippen molar-refractivity contribution in [2.75, 3.05) is 6.54 Å². The SMILES string of the molecule is Cc1nn(C)c2c1CCN(C(=O)C(C)Oc1ccc(Cl)cc1)C2. The van der Waals surface area contributed by atoms with Gasteiger partial charge in [0.05, 0.1) is 17.9 Å². The fourth-order valence-corrected chi connectivity index (χ4v) is 3.12. The number of aryl methyl sites for hydroxylation is 2. The Hall–Kier alpha value is -2.01. The fraction of sp³-hybridized carbons (Fsp3) is 0.412. The molecule has 1 amide bonds. The summed E-state index contributed by atoms with van der Waals surface area (Å²) in [7, 11) is 1.92. The summed E-state index contributed by atoms with van der Waals surface area (Å²) in [6, 6.07) is 7.04. The summed E-state index contributed by atoms with van der Waals surface area (Å²) in [5.41, 5.74) is 3.43. The number of rotatable bonds is 3. The van der Waals surface area contributed by atoms with Crippen LogP contribution in [0.4, 0.5) is 0 Å². The van der Waals surface area contributed by atoms with Crippen LogP contribution in [0.1, 0.15) is 23.9 Å². The van der Waals surface area contributed by atoms with Crippen molar-refractivity contribution in [3.05, 3.63) is 46.2 Å². The summed E-state index contributed by atoms with van der Waals surface area (Å²) >= 11 is 5.86. The second kappa shape index (κ2) is 6.24. The monoisotopic (exact) mass is 333 g/mol. The van der Waals surface area contributed by atoms with Crippen LogP contribution in [-0.2, 0) is 24.8 Å². The van der Waals surface area contributed by atoms with E-state index in [1.54, 1.807) is 31.2 Å². The molecule has 0 aliphatic carbocycles. The van der Waals surface area contributed by atoms with E-state index in [-0.39, 0.29) is 5.91 Å². The predicted octanol–water partition coefficient (Wildman–Crippen LogP) is 2.73. The highest BCUT2D eigenvalue weighted by Crippen LogP contribution is 2.23. The Morgan fingerprint density at radius 2 is 2.04 bits per heavy atom. The van der Waals surface area contributed by atoms with Gasteiger partial charge < -0.3 is 9.64 Å². The van der Waals surface area contributed by atoms with Gasteiger partial charge in [0, 0.05) is 18.6 Å². The lowest BCUT2D eigenvalue weighted by molar-refractivity contribution is -0.139. The lowest BCUT2D eigenvalue weighted by Crippen LogP contribution is -2.43. The molecule has 1 aromatic carbocycles. The van der Waals surface area contributed by atoms with Gasteiger partial charge in [-0.1, -0.05) is 11.6 Å². The molecule has 23 heavy (non-hydrogen) atoms. The van der Waals surface area contributed by atoms with Crippen molar-refractivity contribution in [3.8, 4) is 5.75 Å². The van der Waals surface area contributed by atoms with Crippen molar-refractivity contribution in [3.63, 3.8) is 0 Å². The zero-order valence-electron chi connectivity index (χ0n) is 13.5. The number of nitrogens with zero attached hydrogens (tertiary/aromatic N) is 3. The van der Waals surface area contributed by atoms with Crippen molar-refractivity contribution in [2.24, 2.45) is 7.05 Å². The first-order chi connectivity index (χ1) is 11.0. The summed E-state index contributed by atoms with van der Waals surface area (Å²) in [6.07, 6.45) is 0.307. The minimum atomic E-state index is -0.535. The maximum atomic E-state index is 12.6. The standard InChI is InChI=1S/C17H20ClN3O2/c1-11-15-8-9-21(10-16(15)20(3)19-11)17(22)12(2)23-14-6-4-13(18)5-7-14/h4-7,12H,8-10H2,1-3H3. The van der Waals surface area contributed by atoms with E-state index in [2.05, 4.69) is 5.10 Å². The minimum absolute atomic E-state index is 0.00977. The van der Waals surface area contributed by atoms with E-state index in [9.17, 15) is 4.79 Å². The summed E-state index contributed by atoms with van der Waals surface area (Å²) in [5.74, 6) is 0.633. The largest absolute Gasteiger partial charge is 0.481 e. The van der Waals surface area contributed by atoms with Crippen molar-refractivity contribution in [1.82, 2.24) is 14.7 Å². The van der Waals surface area contributed by atoms with Crippen LogP contribution in [0.15, 0.2) is 24.3 Å². The van der Waals surface area contributed by atoms with Crippen LogP contribution in [0.5, 0.6) is 5.75 Å². The van der Waals surface area contributed by atoms with Gasteiger partial charge in [0.2, 0.25) is 0 Å². The molecular weight excluding hydrogens is 314 g/mol. The maximum Gasteiger partial charge on any atom is 0.263 e. The molecule has 0 saturated carbocycles. The summed E-state index contributed by atoms with van der Waals surface area (Å²) in [4.78, 5) is 14.5. The molecule has 0 spiro atoms. The van der Waals surface area contributed by atoms with Crippen LogP contribution in [0.25, 0.3) is 0 Å². The van der Waals surface area contributed by atoms with Crippen LogP contribution >= 0.6 is 11.6 Å². The van der Waals surface area contributed by atoms with Gasteiger partial charge in [-0.15, -0.1) is 0 Å². The molecule has 0 N–H and O–H groups in total. The molecule has 2 heterocycles. The molecule has 2 aromatic rings. The second-order valence-corrected chi connectivity index (χ2v) is 6.29. The smallest absolute Gasteiger partial charge is 0.263 e. The van der Waals surface area contributed by atoms with E-state index < -0.39 is 6.10 Å². The van der Waals surface area contributed by atoms with Crippen LogP contribution in [0.3, 0.4) is 0 Å². The van der Waals surface area contributed by atoms with Gasteiger partial charge in [-0.05, 0) is 50.1 Å². The molecule has 5 nitrogen and oxygen atoms in total. The summed E-state index contributed by atoms with van der Waals surface area (Å²) in [5, 5.41) is 5.09. The quantitative estimate of drug-likeness (QED) is 0.867. The van der Waals surface area contributed by atoms with Crippen LogP contribution in [-0.4, -0.2) is 33.2 Å². The highest BCUT2D eigenvalue weighted by molar-refractivity contribution is 6.30. The maximum absolute atomic E-state index is 12.6. The fourth-order valence-electron chi connectivity index (χ4n) is 2.99. The summed E-state index contributed by atoms with van der Waals surface area (Å²) in [6.45, 7) is 5.08. The number of ether oxygens (including phenoxy) is 1. The second-order valence-electron chi connectivity index (χ2n) is 5.86. The van der Waals surface area contributed by atoms with Gasteiger partial charge in [-0.3, -0.25) is 9.48 Å². The molecule has 1 atom stereocenters. The number of carbonyl (C=O) groups excluding carboxylic acids is 1. The van der Waals surface area contributed by atoms with Crippen molar-refractivity contribution in [1.29, 1.82) is 0 Å². The Kier molecular flexibility index (Phi) is 4.31. The van der Waals surface area contributed by atoms with E-state index in [4.69, 9.17) is 16.3 Å². The Balaban J connectivity index is 1.68. The molecule has 1 aliphatic heterocycles. The van der Waals surface area contributed by atoms with Crippen LogP contribution < -0.4 is 4.74 Å². The summed E-state index contributed by atoms with van der Waals surface area (Å²) < 4.78 is 7.61. The molecule has 0 fully saturated rings. The average molecular weight is 334 g/mol. The normalized spacial score (nSPS) is 15.2. The van der Waals surface area contributed by atoms with Crippen molar-refractivity contribution < 1.29 is 9.53 Å². The number of hydrogen-bond acceptors (Lipinski definition) is 3. The topological polar surface area (TPSA) is 47.4 Å². The predicted molar refractivity (Wildman–Crippen MR) is 88.6 cm³/mol. The van der Waals surface area contributed by atoms with Gasteiger partial charge in [-0.25, -0.2) is 0 Å².